The van der Waals surface area contributed by atoms with Crippen LogP contribution in [0.4, 0.5) is 0 Å². The van der Waals surface area contributed by atoms with Gasteiger partial charge >= 0.3 is 8.01 Å². The first kappa shape index (κ1) is 7.89. The van der Waals surface area contributed by atoms with Crippen LogP contribution in [0.15, 0.2) is 0 Å². The lowest BCUT2D eigenvalue weighted by Gasteiger charge is -1.92. The fraction of sp³-hybridized carbons (Fsp3) is 1.00. The van der Waals surface area contributed by atoms with Gasteiger partial charge < -0.3 is 4.89 Å². The monoisotopic (exact) mass is 137 g/mol. The maximum Gasteiger partial charge on any atom is 0.363 e. The summed E-state index contributed by atoms with van der Waals surface area (Å²) in [6, 6.07) is 0. The van der Waals surface area contributed by atoms with Crippen LogP contribution in [0.3, 0.4) is 0 Å². The van der Waals surface area contributed by atoms with E-state index in [1.54, 1.807) is 0 Å². The van der Waals surface area contributed by atoms with Crippen LogP contribution in [0.1, 0.15) is 13.3 Å². The van der Waals surface area contributed by atoms with Crippen molar-refractivity contribution in [2.45, 2.75) is 13.3 Å². The Labute approximate surface area is 48.5 Å². The van der Waals surface area contributed by atoms with Crippen LogP contribution in [-0.2, 0) is 9.56 Å². The molecule has 0 rings (SSSR count). The zero-order chi connectivity index (χ0) is 6.41. The van der Waals surface area contributed by atoms with Crippen molar-refractivity contribution in [1.29, 1.82) is 5.00 Å². The predicted molar refractivity (Wildman–Crippen MR) is 28.2 cm³/mol. The highest BCUT2D eigenvalue weighted by Crippen LogP contribution is 2.10. The van der Waals surface area contributed by atoms with Crippen LogP contribution in [-0.4, -0.2) is 11.5 Å². The van der Waals surface area contributed by atoms with Gasteiger partial charge in [0, 0.05) is 0 Å². The lowest BCUT2D eigenvalue weighted by atomic mass is 10.5. The highest BCUT2D eigenvalue weighted by molar-refractivity contribution is 7.30. The molecule has 0 saturated heterocycles. The van der Waals surface area contributed by atoms with Crippen LogP contribution in [0, 0.1) is 5.00 Å². The van der Waals surface area contributed by atoms with E-state index in [0.717, 1.165) is 6.42 Å². The molecule has 1 atom stereocenters. The van der Waals surface area contributed by atoms with Gasteiger partial charge in [-0.25, -0.2) is 4.89 Å². The molecule has 0 saturated carbocycles. The lowest BCUT2D eigenvalue weighted by Crippen LogP contribution is -1.86. The molecule has 1 unspecified atom stereocenters. The molecule has 0 fully saturated rings. The van der Waals surface area contributed by atoms with E-state index in [4.69, 9.17) is 9.90 Å². The Morgan fingerprint density at radius 2 is 2.38 bits per heavy atom. The van der Waals surface area contributed by atoms with Crippen molar-refractivity contribution in [1.82, 2.24) is 0 Å². The normalized spacial score (nSPS) is 11.4. The SMILES string of the molecule is CCCOOP(#N)O. The molecule has 0 radical (unpaired) electrons. The average molecular weight is 137 g/mol. The number of hydrogen-bond acceptors (Lipinski definition) is 4. The van der Waals surface area contributed by atoms with Crippen LogP contribution >= 0.6 is 8.01 Å². The second kappa shape index (κ2) is 5.04. The molecular formula is C3H8NO3P. The summed E-state index contributed by atoms with van der Waals surface area (Å²) in [4.78, 5) is 12.3. The van der Waals surface area contributed by atoms with Crippen molar-refractivity contribution < 1.29 is 14.5 Å². The zero-order valence-electron chi connectivity index (χ0n) is 4.57. The maximum absolute atomic E-state index is 8.05. The smallest absolute Gasteiger partial charge is 0.301 e. The third-order valence-corrected chi connectivity index (χ3v) is 0.646. The van der Waals surface area contributed by atoms with Gasteiger partial charge in [-0.1, -0.05) is 6.92 Å². The summed E-state index contributed by atoms with van der Waals surface area (Å²) in [6.07, 6.45) is 0.795. The van der Waals surface area contributed by atoms with E-state index >= 15 is 0 Å². The summed E-state index contributed by atoms with van der Waals surface area (Å²) < 4.78 is 3.96. The van der Waals surface area contributed by atoms with E-state index in [0.29, 0.717) is 6.61 Å². The molecule has 8 heavy (non-hydrogen) atoms. The van der Waals surface area contributed by atoms with Gasteiger partial charge in [-0.2, -0.15) is 5.00 Å². The molecule has 0 aromatic rings. The molecule has 4 nitrogen and oxygen atoms in total. The first-order valence-electron chi connectivity index (χ1n) is 2.25. The summed E-state index contributed by atoms with van der Waals surface area (Å²) in [5.74, 6) is 0. The topological polar surface area (TPSA) is 62.5 Å². The minimum atomic E-state index is -2.33. The Morgan fingerprint density at radius 3 is 2.75 bits per heavy atom. The molecule has 5 heteroatoms. The molecule has 0 bridgehead atoms. The van der Waals surface area contributed by atoms with Crippen molar-refractivity contribution in [2.24, 2.45) is 0 Å². The Morgan fingerprint density at radius 1 is 1.75 bits per heavy atom. The molecule has 0 heterocycles. The standard InChI is InChI=1S/C3H8NO3P/c1-2-3-6-7-8(4)5/h5H,2-3H2,1H3. The van der Waals surface area contributed by atoms with E-state index in [9.17, 15) is 0 Å². The Balaban J connectivity index is 2.86. The molecule has 0 aromatic carbocycles. The second-order valence-corrected chi connectivity index (χ2v) is 1.80. The van der Waals surface area contributed by atoms with Crippen LogP contribution in [0.25, 0.3) is 0 Å². The molecule has 0 aromatic heterocycles. The van der Waals surface area contributed by atoms with Gasteiger partial charge in [-0.3, -0.25) is 0 Å². The van der Waals surface area contributed by atoms with E-state index in [2.05, 4.69) is 9.56 Å². The molecule has 0 aliphatic heterocycles. The predicted octanol–water partition coefficient (Wildman–Crippen LogP) is 1.13. The Bertz CT molecular complexity index is 107. The summed E-state index contributed by atoms with van der Waals surface area (Å²) in [6.45, 7) is 2.28. The number of rotatable bonds is 3. The number of hydrogen-bond donors (Lipinski definition) is 1. The fourth-order valence-electron chi connectivity index (χ4n) is 0.168. The first-order chi connectivity index (χ1) is 3.77. The molecule has 0 amide bonds. The second-order valence-electron chi connectivity index (χ2n) is 1.15. The Kier molecular flexibility index (Phi) is 4.97. The van der Waals surface area contributed by atoms with Crippen molar-refractivity contribution in [2.75, 3.05) is 6.61 Å². The van der Waals surface area contributed by atoms with E-state index in [-0.39, 0.29) is 0 Å². The largest absolute Gasteiger partial charge is 0.363 e. The quantitative estimate of drug-likeness (QED) is 0.274. The molecule has 0 spiro atoms. The van der Waals surface area contributed by atoms with Gasteiger partial charge in [0.25, 0.3) is 0 Å². The minimum Gasteiger partial charge on any atom is -0.301 e. The zero-order valence-corrected chi connectivity index (χ0v) is 5.47. The van der Waals surface area contributed by atoms with Gasteiger partial charge in [-0.05, 0) is 6.42 Å². The summed E-state index contributed by atoms with van der Waals surface area (Å²) in [5.41, 5.74) is 0. The minimum absolute atomic E-state index is 0.389. The van der Waals surface area contributed by atoms with Gasteiger partial charge in [-0.15, -0.1) is 4.67 Å². The van der Waals surface area contributed by atoms with Crippen LogP contribution in [0.5, 0.6) is 0 Å². The van der Waals surface area contributed by atoms with Crippen LogP contribution in [0.2, 0.25) is 0 Å². The molecular weight excluding hydrogens is 129 g/mol. The first-order valence-corrected chi connectivity index (χ1v) is 3.41. The van der Waals surface area contributed by atoms with Gasteiger partial charge in [0.1, 0.15) is 0 Å². The third kappa shape index (κ3) is 5.89. The van der Waals surface area contributed by atoms with Crippen molar-refractivity contribution in [3.05, 3.63) is 0 Å². The van der Waals surface area contributed by atoms with Crippen LogP contribution < -0.4 is 0 Å². The van der Waals surface area contributed by atoms with E-state index in [1.807, 2.05) is 6.92 Å². The fourth-order valence-corrected chi connectivity index (χ4v) is 0.337. The molecule has 48 valence electrons. The summed E-state index contributed by atoms with van der Waals surface area (Å²) in [7, 11) is -2.33. The highest BCUT2D eigenvalue weighted by atomic mass is 31.1. The average Bonchev–Trinajstić information content (AvgIpc) is 1.66. The number of nitrogens with zero attached hydrogens (tertiary/aromatic N) is 1. The highest BCUT2D eigenvalue weighted by Gasteiger charge is 1.87. The summed E-state index contributed by atoms with van der Waals surface area (Å²) >= 11 is 0. The lowest BCUT2D eigenvalue weighted by molar-refractivity contribution is -0.202. The van der Waals surface area contributed by atoms with Gasteiger partial charge in [0.05, 0.1) is 6.61 Å². The molecule has 0 aliphatic carbocycles. The van der Waals surface area contributed by atoms with Crippen molar-refractivity contribution >= 4 is 8.01 Å². The van der Waals surface area contributed by atoms with Gasteiger partial charge in [0.2, 0.25) is 0 Å². The Hall–Kier alpha value is -0.110. The molecule has 1 N–H and O–H groups in total. The summed E-state index contributed by atoms with van der Waals surface area (Å²) in [5, 5.41) is 8.05. The van der Waals surface area contributed by atoms with Gasteiger partial charge in [0.15, 0.2) is 0 Å². The third-order valence-electron chi connectivity index (χ3n) is 0.407. The van der Waals surface area contributed by atoms with E-state index in [1.165, 1.54) is 0 Å². The van der Waals surface area contributed by atoms with Crippen molar-refractivity contribution in [3.8, 4) is 0 Å². The van der Waals surface area contributed by atoms with E-state index < -0.39 is 8.01 Å². The molecule has 0 aliphatic rings. The van der Waals surface area contributed by atoms with Crippen molar-refractivity contribution in [3.63, 3.8) is 0 Å². The maximum atomic E-state index is 8.05.